The number of halogens is 1. The van der Waals surface area contributed by atoms with E-state index >= 15 is 0 Å². The summed E-state index contributed by atoms with van der Waals surface area (Å²) in [5.74, 6) is 1.20. The Bertz CT molecular complexity index is 738. The van der Waals surface area contributed by atoms with E-state index in [-0.39, 0.29) is 11.3 Å². The molecule has 1 N–H and O–H groups in total. The third kappa shape index (κ3) is 3.27. The molecule has 0 aromatic carbocycles. The van der Waals surface area contributed by atoms with E-state index < -0.39 is 0 Å². The molecule has 0 saturated carbocycles. The molecule has 2 heterocycles. The maximum absolute atomic E-state index is 12.6. The predicted molar refractivity (Wildman–Crippen MR) is 93.6 cm³/mol. The Morgan fingerprint density at radius 2 is 2.25 bits per heavy atom. The van der Waals surface area contributed by atoms with Crippen LogP contribution in [0.25, 0.3) is 0 Å². The Kier molecular flexibility index (Phi) is 4.55. The lowest BCUT2D eigenvalue weighted by molar-refractivity contribution is 0.0939. The summed E-state index contributed by atoms with van der Waals surface area (Å²) in [4.78, 5) is 12.6. The fraction of sp³-hybridized carbons (Fsp3) is 0.588. The Morgan fingerprint density at radius 1 is 1.50 bits per heavy atom. The van der Waals surface area contributed by atoms with Crippen LogP contribution in [0.1, 0.15) is 54.7 Å². The van der Waals surface area contributed by atoms with Crippen LogP contribution in [0.4, 0.5) is 0 Å². The summed E-state index contributed by atoms with van der Waals surface area (Å²) in [5.41, 5.74) is 2.52. The molecule has 1 aliphatic carbocycles. The number of aryl methyl sites for hydroxylation is 2. The van der Waals surface area contributed by atoms with Gasteiger partial charge in [0.2, 0.25) is 0 Å². The number of amides is 1. The molecule has 3 rings (SSSR count). The molecule has 0 saturated heterocycles. The van der Waals surface area contributed by atoms with Gasteiger partial charge in [-0.15, -0.1) is 0 Å². The summed E-state index contributed by atoms with van der Waals surface area (Å²) < 4.78 is 8.03. The largest absolute Gasteiger partial charge is 0.360 e. The van der Waals surface area contributed by atoms with Crippen molar-refractivity contribution in [1.29, 1.82) is 0 Å². The van der Waals surface area contributed by atoms with Crippen LogP contribution in [0.3, 0.4) is 0 Å². The summed E-state index contributed by atoms with van der Waals surface area (Å²) in [6.07, 6.45) is 4.49. The van der Waals surface area contributed by atoms with Gasteiger partial charge in [-0.1, -0.05) is 25.9 Å². The molecule has 1 atom stereocenters. The maximum Gasteiger partial charge on any atom is 0.274 e. The van der Waals surface area contributed by atoms with Crippen LogP contribution < -0.4 is 5.32 Å². The second-order valence-corrected chi connectivity index (χ2v) is 8.34. The predicted octanol–water partition coefficient (Wildman–Crippen LogP) is 3.25. The first-order valence-corrected chi connectivity index (χ1v) is 8.98. The molecular weight excluding hydrogens is 372 g/mol. The Hall–Kier alpha value is -1.63. The number of carbonyl (C=O) groups is 1. The minimum Gasteiger partial charge on any atom is -0.360 e. The highest BCUT2D eigenvalue weighted by Gasteiger charge is 2.34. The summed E-state index contributed by atoms with van der Waals surface area (Å²) in [5, 5.41) is 11.1. The first-order valence-electron chi connectivity index (χ1n) is 8.19. The number of aromatic nitrogens is 3. The van der Waals surface area contributed by atoms with Crippen molar-refractivity contribution in [1.82, 2.24) is 20.3 Å². The maximum atomic E-state index is 12.6. The SMILES string of the molecule is Cn1ncc(Br)c1CNC(=O)c1noc2c1C[C@@H](C(C)(C)C)CC2. The van der Waals surface area contributed by atoms with Crippen LogP contribution in [-0.4, -0.2) is 20.8 Å². The second-order valence-electron chi connectivity index (χ2n) is 7.48. The van der Waals surface area contributed by atoms with Gasteiger partial charge in [0.05, 0.1) is 22.9 Å². The molecule has 1 amide bonds. The molecule has 24 heavy (non-hydrogen) atoms. The molecule has 0 bridgehead atoms. The molecule has 0 spiro atoms. The van der Waals surface area contributed by atoms with Crippen LogP contribution in [0.5, 0.6) is 0 Å². The molecule has 7 heteroatoms. The third-order valence-electron chi connectivity index (χ3n) is 4.91. The first-order chi connectivity index (χ1) is 11.3. The van der Waals surface area contributed by atoms with Crippen molar-refractivity contribution >= 4 is 21.8 Å². The zero-order valence-corrected chi connectivity index (χ0v) is 16.1. The van der Waals surface area contributed by atoms with Gasteiger partial charge in [-0.2, -0.15) is 5.10 Å². The van der Waals surface area contributed by atoms with E-state index in [0.717, 1.165) is 40.8 Å². The molecule has 0 aliphatic heterocycles. The van der Waals surface area contributed by atoms with Crippen LogP contribution in [0, 0.1) is 11.3 Å². The van der Waals surface area contributed by atoms with Gasteiger partial charge in [0.25, 0.3) is 5.91 Å². The van der Waals surface area contributed by atoms with Crippen LogP contribution in [0.15, 0.2) is 15.2 Å². The third-order valence-corrected chi connectivity index (χ3v) is 5.57. The minimum absolute atomic E-state index is 0.192. The number of nitrogens with zero attached hydrogens (tertiary/aromatic N) is 3. The van der Waals surface area contributed by atoms with Crippen LogP contribution >= 0.6 is 15.9 Å². The minimum atomic E-state index is -0.192. The summed E-state index contributed by atoms with van der Waals surface area (Å²) in [6, 6.07) is 0. The van der Waals surface area contributed by atoms with Crippen molar-refractivity contribution in [3.05, 3.63) is 33.4 Å². The number of hydrogen-bond donors (Lipinski definition) is 1. The number of hydrogen-bond acceptors (Lipinski definition) is 4. The van der Waals surface area contributed by atoms with Crippen LogP contribution in [0.2, 0.25) is 0 Å². The zero-order valence-electron chi connectivity index (χ0n) is 14.5. The summed E-state index contributed by atoms with van der Waals surface area (Å²) in [6.45, 7) is 7.13. The van der Waals surface area contributed by atoms with E-state index in [2.05, 4.69) is 52.3 Å². The van der Waals surface area contributed by atoms with E-state index in [1.165, 1.54) is 0 Å². The Balaban J connectivity index is 1.74. The quantitative estimate of drug-likeness (QED) is 0.866. The molecule has 0 radical (unpaired) electrons. The highest BCUT2D eigenvalue weighted by molar-refractivity contribution is 9.10. The smallest absolute Gasteiger partial charge is 0.274 e. The summed E-state index contributed by atoms with van der Waals surface area (Å²) >= 11 is 3.44. The van der Waals surface area contributed by atoms with Gasteiger partial charge in [-0.05, 0) is 40.1 Å². The highest BCUT2D eigenvalue weighted by atomic mass is 79.9. The Labute approximate surface area is 150 Å². The normalized spacial score (nSPS) is 17.6. The van der Waals surface area contributed by atoms with E-state index in [9.17, 15) is 4.79 Å². The summed E-state index contributed by atoms with van der Waals surface area (Å²) in [7, 11) is 1.85. The van der Waals surface area contributed by atoms with E-state index in [4.69, 9.17) is 4.52 Å². The molecule has 2 aromatic rings. The monoisotopic (exact) mass is 394 g/mol. The lowest BCUT2D eigenvalue weighted by Crippen LogP contribution is -2.29. The highest BCUT2D eigenvalue weighted by Crippen LogP contribution is 2.38. The van der Waals surface area contributed by atoms with Crippen molar-refractivity contribution < 1.29 is 9.32 Å². The van der Waals surface area contributed by atoms with Crippen molar-refractivity contribution in [2.24, 2.45) is 18.4 Å². The van der Waals surface area contributed by atoms with Crippen molar-refractivity contribution in [3.8, 4) is 0 Å². The molecule has 6 nitrogen and oxygen atoms in total. The van der Waals surface area contributed by atoms with Gasteiger partial charge in [0.15, 0.2) is 5.69 Å². The van der Waals surface area contributed by atoms with E-state index in [0.29, 0.717) is 18.2 Å². The molecule has 130 valence electrons. The van der Waals surface area contributed by atoms with Gasteiger partial charge >= 0.3 is 0 Å². The lowest BCUT2D eigenvalue weighted by Gasteiger charge is -2.33. The van der Waals surface area contributed by atoms with E-state index in [1.54, 1.807) is 10.9 Å². The molecule has 0 fully saturated rings. The average Bonchev–Trinajstić information content (AvgIpc) is 3.07. The number of fused-ring (bicyclic) bond motifs is 1. The van der Waals surface area contributed by atoms with Crippen molar-refractivity contribution in [2.75, 3.05) is 0 Å². The zero-order chi connectivity index (χ0) is 17.5. The standard InChI is InChI=1S/C17H23BrN4O2/c1-17(2,3)10-5-6-14-11(7-10)15(21-24-14)16(23)19-9-13-12(18)8-20-22(13)4/h8,10H,5-7,9H2,1-4H3,(H,19,23)/t10-/m0/s1. The van der Waals surface area contributed by atoms with Gasteiger partial charge in [0.1, 0.15) is 5.76 Å². The van der Waals surface area contributed by atoms with Gasteiger partial charge in [-0.3, -0.25) is 9.48 Å². The van der Waals surface area contributed by atoms with Gasteiger partial charge < -0.3 is 9.84 Å². The van der Waals surface area contributed by atoms with Gasteiger partial charge in [-0.25, -0.2) is 0 Å². The first kappa shape index (κ1) is 17.2. The van der Waals surface area contributed by atoms with Gasteiger partial charge in [0, 0.05) is 19.0 Å². The topological polar surface area (TPSA) is 73.0 Å². The Morgan fingerprint density at radius 3 is 2.88 bits per heavy atom. The second kappa shape index (κ2) is 6.35. The van der Waals surface area contributed by atoms with E-state index in [1.807, 2.05) is 7.05 Å². The molecule has 1 aliphatic rings. The molecule has 0 unspecified atom stereocenters. The lowest BCUT2D eigenvalue weighted by atomic mass is 9.71. The number of nitrogens with one attached hydrogen (secondary N) is 1. The fourth-order valence-corrected chi connectivity index (χ4v) is 3.69. The number of rotatable bonds is 3. The average molecular weight is 395 g/mol. The fourth-order valence-electron chi connectivity index (χ4n) is 3.20. The molecule has 2 aromatic heterocycles. The van der Waals surface area contributed by atoms with Crippen molar-refractivity contribution in [3.63, 3.8) is 0 Å². The van der Waals surface area contributed by atoms with Crippen LogP contribution in [-0.2, 0) is 26.4 Å². The van der Waals surface area contributed by atoms with Crippen molar-refractivity contribution in [2.45, 2.75) is 46.6 Å². The molecular formula is C17H23BrN4O2. The number of carbonyl (C=O) groups excluding carboxylic acids is 1.